The molecule has 136 valence electrons. The number of fused-ring (bicyclic) bond motifs is 1. The first-order chi connectivity index (χ1) is 12.2. The molecule has 0 unspecified atom stereocenters. The fourth-order valence-corrected chi connectivity index (χ4v) is 3.11. The van der Waals surface area contributed by atoms with Crippen LogP contribution in [-0.2, 0) is 4.74 Å². The predicted molar refractivity (Wildman–Crippen MR) is 102 cm³/mol. The highest BCUT2D eigenvalue weighted by Gasteiger charge is 2.23. The van der Waals surface area contributed by atoms with E-state index in [1.807, 2.05) is 0 Å². The summed E-state index contributed by atoms with van der Waals surface area (Å²) in [5.41, 5.74) is 0.518. The highest BCUT2D eigenvalue weighted by molar-refractivity contribution is 7.98. The highest BCUT2D eigenvalue weighted by atomic mass is 35.5. The molecule has 3 aromatic heterocycles. The van der Waals surface area contributed by atoms with Gasteiger partial charge in [0, 0.05) is 29.4 Å². The summed E-state index contributed by atoms with van der Waals surface area (Å²) in [6.45, 7) is 5.36. The Balaban J connectivity index is 2.26. The van der Waals surface area contributed by atoms with Crippen LogP contribution in [0, 0.1) is 0 Å². The summed E-state index contributed by atoms with van der Waals surface area (Å²) in [6.07, 6.45) is 4.33. The maximum atomic E-state index is 12.6. The number of halogens is 1. The molecule has 0 aliphatic carbocycles. The number of H-pyrrole nitrogens is 1. The lowest BCUT2D eigenvalue weighted by Gasteiger charge is -2.19. The summed E-state index contributed by atoms with van der Waals surface area (Å²) in [4.78, 5) is 35.7. The van der Waals surface area contributed by atoms with E-state index in [1.54, 1.807) is 39.3 Å². The normalized spacial score (nSPS) is 11.7. The fourth-order valence-electron chi connectivity index (χ4n) is 2.47. The minimum atomic E-state index is -0.654. The average molecular weight is 393 g/mol. The molecule has 0 aromatic carbocycles. The Hall–Kier alpha value is -2.32. The van der Waals surface area contributed by atoms with Crippen molar-refractivity contribution < 1.29 is 9.53 Å². The second-order valence-corrected chi connectivity index (χ2v) is 7.68. The van der Waals surface area contributed by atoms with Crippen LogP contribution in [0.5, 0.6) is 0 Å². The van der Waals surface area contributed by atoms with E-state index in [1.165, 1.54) is 28.6 Å². The molecular weight excluding hydrogens is 376 g/mol. The third kappa shape index (κ3) is 3.61. The first kappa shape index (κ1) is 18.5. The molecular formula is C17H17ClN4O3S. The quantitative estimate of drug-likeness (QED) is 0.403. The second kappa shape index (κ2) is 6.77. The lowest BCUT2D eigenvalue weighted by Crippen LogP contribution is -2.26. The first-order valence-corrected chi connectivity index (χ1v) is 9.34. The van der Waals surface area contributed by atoms with Crippen LogP contribution in [-0.4, -0.2) is 37.5 Å². The lowest BCUT2D eigenvalue weighted by atomic mass is 10.1. The molecule has 0 aliphatic rings. The van der Waals surface area contributed by atoms with Gasteiger partial charge in [-0.1, -0.05) is 23.4 Å². The first-order valence-electron chi connectivity index (χ1n) is 7.74. The standard InChI is InChI=1S/C17H17ClN4O3S/c1-17(2,3)25-16(24)22-8-9(13-11(22)5-6-19-14(13)18)10-7-12(23)21-15(20-10)26-4/h5-8H,1-4H3,(H,20,21,23). The van der Waals surface area contributed by atoms with Gasteiger partial charge in [-0.25, -0.2) is 14.8 Å². The van der Waals surface area contributed by atoms with Crippen molar-refractivity contribution >= 4 is 40.4 Å². The number of rotatable bonds is 2. The average Bonchev–Trinajstić information content (AvgIpc) is 2.94. The van der Waals surface area contributed by atoms with Crippen molar-refractivity contribution in [2.24, 2.45) is 0 Å². The number of hydrogen-bond acceptors (Lipinski definition) is 6. The number of aromatic nitrogens is 4. The highest BCUT2D eigenvalue weighted by Crippen LogP contribution is 2.34. The molecule has 3 heterocycles. The maximum absolute atomic E-state index is 12.6. The molecule has 0 aliphatic heterocycles. The summed E-state index contributed by atoms with van der Waals surface area (Å²) >= 11 is 7.59. The van der Waals surface area contributed by atoms with Crippen molar-refractivity contribution in [3.63, 3.8) is 0 Å². The number of ether oxygens (including phenoxy) is 1. The zero-order valence-corrected chi connectivity index (χ0v) is 16.2. The Morgan fingerprint density at radius 2 is 2.12 bits per heavy atom. The van der Waals surface area contributed by atoms with Crippen LogP contribution in [0.1, 0.15) is 20.8 Å². The van der Waals surface area contributed by atoms with Crippen LogP contribution in [0.4, 0.5) is 4.79 Å². The van der Waals surface area contributed by atoms with Crippen LogP contribution < -0.4 is 5.56 Å². The van der Waals surface area contributed by atoms with E-state index < -0.39 is 11.7 Å². The number of thioether (sulfide) groups is 1. The number of carbonyl (C=O) groups excluding carboxylic acids is 1. The van der Waals surface area contributed by atoms with Gasteiger partial charge in [0.1, 0.15) is 10.8 Å². The maximum Gasteiger partial charge on any atom is 0.419 e. The number of aromatic amines is 1. The molecule has 0 saturated carbocycles. The Bertz CT molecular complexity index is 1050. The molecule has 7 nitrogen and oxygen atoms in total. The molecule has 0 bridgehead atoms. The van der Waals surface area contributed by atoms with Gasteiger partial charge in [-0.05, 0) is 33.1 Å². The summed E-state index contributed by atoms with van der Waals surface area (Å²) in [7, 11) is 0. The molecule has 0 saturated heterocycles. The van der Waals surface area contributed by atoms with E-state index in [9.17, 15) is 9.59 Å². The Morgan fingerprint density at radius 3 is 2.77 bits per heavy atom. The Kier molecular flexibility index (Phi) is 4.81. The van der Waals surface area contributed by atoms with Gasteiger partial charge in [0.25, 0.3) is 5.56 Å². The summed E-state index contributed by atoms with van der Waals surface area (Å²) in [6, 6.07) is 3.02. The van der Waals surface area contributed by atoms with Crippen LogP contribution in [0.3, 0.4) is 0 Å². The van der Waals surface area contributed by atoms with E-state index in [-0.39, 0.29) is 10.7 Å². The van der Waals surface area contributed by atoms with Crippen molar-refractivity contribution in [1.29, 1.82) is 0 Å². The van der Waals surface area contributed by atoms with E-state index in [4.69, 9.17) is 16.3 Å². The molecule has 0 fully saturated rings. The molecule has 0 radical (unpaired) electrons. The van der Waals surface area contributed by atoms with E-state index in [0.717, 1.165) is 0 Å². The van der Waals surface area contributed by atoms with Crippen molar-refractivity contribution in [2.45, 2.75) is 31.5 Å². The molecule has 9 heteroatoms. The summed E-state index contributed by atoms with van der Waals surface area (Å²) < 4.78 is 6.81. The number of carbonyl (C=O) groups is 1. The van der Waals surface area contributed by atoms with Gasteiger partial charge >= 0.3 is 6.09 Å². The van der Waals surface area contributed by atoms with Gasteiger partial charge in [-0.15, -0.1) is 0 Å². The molecule has 3 aromatic rings. The molecule has 26 heavy (non-hydrogen) atoms. The zero-order valence-electron chi connectivity index (χ0n) is 14.7. The SMILES string of the molecule is CSc1nc(-c2cn(C(=O)OC(C)(C)C)c3ccnc(Cl)c23)cc(=O)[nH]1. The topological polar surface area (TPSA) is 89.9 Å². The number of pyridine rings is 1. The zero-order chi connectivity index (χ0) is 19.1. The van der Waals surface area contributed by atoms with Gasteiger partial charge in [-0.2, -0.15) is 0 Å². The lowest BCUT2D eigenvalue weighted by molar-refractivity contribution is 0.0544. The number of nitrogens with one attached hydrogen (secondary N) is 1. The molecule has 0 amide bonds. The van der Waals surface area contributed by atoms with Gasteiger partial charge < -0.3 is 9.72 Å². The minimum Gasteiger partial charge on any atom is -0.443 e. The van der Waals surface area contributed by atoms with Gasteiger partial charge in [0.15, 0.2) is 5.16 Å². The van der Waals surface area contributed by atoms with Gasteiger partial charge in [-0.3, -0.25) is 9.36 Å². The molecule has 0 atom stereocenters. The fraction of sp³-hybridized carbons (Fsp3) is 0.294. The third-order valence-electron chi connectivity index (χ3n) is 3.45. The molecule has 3 rings (SSSR count). The largest absolute Gasteiger partial charge is 0.443 e. The molecule has 0 spiro atoms. The van der Waals surface area contributed by atoms with E-state index >= 15 is 0 Å². The minimum absolute atomic E-state index is 0.215. The number of nitrogens with zero attached hydrogens (tertiary/aromatic N) is 3. The van der Waals surface area contributed by atoms with Gasteiger partial charge in [0.05, 0.1) is 11.2 Å². The third-order valence-corrected chi connectivity index (χ3v) is 4.32. The van der Waals surface area contributed by atoms with Crippen molar-refractivity contribution in [3.05, 3.63) is 40.0 Å². The van der Waals surface area contributed by atoms with Crippen molar-refractivity contribution in [2.75, 3.05) is 6.26 Å². The van der Waals surface area contributed by atoms with Gasteiger partial charge in [0.2, 0.25) is 0 Å². The Labute approximate surface area is 158 Å². The monoisotopic (exact) mass is 392 g/mol. The van der Waals surface area contributed by atoms with E-state index in [2.05, 4.69) is 15.0 Å². The van der Waals surface area contributed by atoms with Crippen LogP contribution in [0.15, 0.2) is 34.5 Å². The number of hydrogen-bond donors (Lipinski definition) is 1. The smallest absolute Gasteiger partial charge is 0.419 e. The second-order valence-electron chi connectivity index (χ2n) is 6.53. The molecule has 1 N–H and O–H groups in total. The van der Waals surface area contributed by atoms with Crippen LogP contribution in [0.25, 0.3) is 22.2 Å². The summed E-state index contributed by atoms with van der Waals surface area (Å²) in [5, 5.41) is 1.21. The van der Waals surface area contributed by atoms with Crippen LogP contribution >= 0.6 is 23.4 Å². The van der Waals surface area contributed by atoms with Crippen LogP contribution in [0.2, 0.25) is 5.15 Å². The van der Waals surface area contributed by atoms with E-state index in [0.29, 0.717) is 27.3 Å². The Morgan fingerprint density at radius 1 is 1.38 bits per heavy atom. The predicted octanol–water partition coefficient (Wildman–Crippen LogP) is 3.95. The van der Waals surface area contributed by atoms with Crippen molar-refractivity contribution in [1.82, 2.24) is 19.5 Å². The van der Waals surface area contributed by atoms with Crippen molar-refractivity contribution in [3.8, 4) is 11.3 Å². The summed E-state index contributed by atoms with van der Waals surface area (Å²) in [5.74, 6) is 0.